The fraction of sp³-hybridized carbons (Fsp3) is 0.333. The first-order chi connectivity index (χ1) is 4.66. The second-order valence-electron chi connectivity index (χ2n) is 2.49. The maximum atomic E-state index is 3.86. The van der Waals surface area contributed by atoms with E-state index < -0.39 is 0 Å². The highest BCUT2D eigenvalue weighted by molar-refractivity contribution is 5.19. The van der Waals surface area contributed by atoms with Gasteiger partial charge in [-0.05, 0) is 19.7 Å². The molecule has 10 heavy (non-hydrogen) atoms. The largest absolute Gasteiger partial charge is 0.305 e. The Kier molecular flexibility index (Phi) is 4.59. The highest BCUT2D eigenvalue weighted by Gasteiger charge is 1.88. The summed E-state index contributed by atoms with van der Waals surface area (Å²) in [4.78, 5) is 2.08. The molecule has 0 bridgehead atoms. The molecule has 0 aromatic rings. The van der Waals surface area contributed by atoms with E-state index in [0.717, 1.165) is 12.1 Å². The molecule has 0 spiro atoms. The second-order valence-corrected chi connectivity index (χ2v) is 2.49. The van der Waals surface area contributed by atoms with Gasteiger partial charge in [0.15, 0.2) is 0 Å². The van der Waals surface area contributed by atoms with Gasteiger partial charge in [0.1, 0.15) is 0 Å². The summed E-state index contributed by atoms with van der Waals surface area (Å²) in [7, 11) is 4.04. The Morgan fingerprint density at radius 3 is 2.50 bits per heavy atom. The number of hydrogen-bond donors (Lipinski definition) is 0. The molecule has 0 heterocycles. The molecular formula is C9H15N. The van der Waals surface area contributed by atoms with Crippen molar-refractivity contribution in [3.8, 4) is 0 Å². The summed E-state index contributed by atoms with van der Waals surface area (Å²) in [6.07, 6.45) is 5.61. The van der Waals surface area contributed by atoms with Crippen molar-refractivity contribution < 1.29 is 0 Å². The van der Waals surface area contributed by atoms with Crippen molar-refractivity contribution in [1.29, 1.82) is 0 Å². The molecule has 0 amide bonds. The lowest BCUT2D eigenvalue weighted by Gasteiger charge is -2.07. The lowest BCUT2D eigenvalue weighted by molar-refractivity contribution is 0.449. The van der Waals surface area contributed by atoms with Crippen molar-refractivity contribution in [1.82, 2.24) is 4.90 Å². The van der Waals surface area contributed by atoms with Gasteiger partial charge in [0, 0.05) is 6.54 Å². The summed E-state index contributed by atoms with van der Waals surface area (Å²) < 4.78 is 0. The first-order valence-corrected chi connectivity index (χ1v) is 3.28. The minimum atomic E-state index is 0.907. The van der Waals surface area contributed by atoms with E-state index in [1.165, 1.54) is 0 Å². The molecule has 0 aromatic carbocycles. The van der Waals surface area contributed by atoms with E-state index in [1.807, 2.05) is 26.2 Å². The van der Waals surface area contributed by atoms with E-state index in [0.29, 0.717) is 0 Å². The van der Waals surface area contributed by atoms with Crippen LogP contribution in [0.3, 0.4) is 0 Å². The van der Waals surface area contributed by atoms with E-state index in [-0.39, 0.29) is 0 Å². The highest BCUT2D eigenvalue weighted by Crippen LogP contribution is 1.93. The zero-order valence-electron chi connectivity index (χ0n) is 6.80. The topological polar surface area (TPSA) is 3.24 Å². The van der Waals surface area contributed by atoms with Crippen molar-refractivity contribution in [3.63, 3.8) is 0 Å². The number of rotatable bonds is 4. The van der Waals surface area contributed by atoms with Crippen molar-refractivity contribution in [3.05, 3.63) is 37.0 Å². The third-order valence-corrected chi connectivity index (χ3v) is 0.987. The van der Waals surface area contributed by atoms with Gasteiger partial charge >= 0.3 is 0 Å². The maximum absolute atomic E-state index is 3.86. The lowest BCUT2D eigenvalue weighted by atomic mass is 10.2. The van der Waals surface area contributed by atoms with Gasteiger partial charge < -0.3 is 4.90 Å². The van der Waals surface area contributed by atoms with Crippen LogP contribution in [0.15, 0.2) is 37.0 Å². The van der Waals surface area contributed by atoms with E-state index in [4.69, 9.17) is 0 Å². The zero-order valence-corrected chi connectivity index (χ0v) is 6.80. The second kappa shape index (κ2) is 5.00. The number of allylic oxidation sites excluding steroid dienone is 2. The average Bonchev–Trinajstić information content (AvgIpc) is 1.82. The normalized spacial score (nSPS) is 10.7. The van der Waals surface area contributed by atoms with Crippen molar-refractivity contribution in [2.75, 3.05) is 20.6 Å². The predicted molar refractivity (Wildman–Crippen MR) is 47.0 cm³/mol. The van der Waals surface area contributed by atoms with Gasteiger partial charge in [-0.1, -0.05) is 31.4 Å². The molecule has 0 saturated heterocycles. The monoisotopic (exact) mass is 137 g/mol. The Balaban J connectivity index is 3.64. The molecule has 56 valence electrons. The standard InChI is InChI=1S/C9H15N/c1-5-6-7-9(2)8-10(3)4/h5-7H,1-2,8H2,3-4H3/b7-6-. The Hall–Kier alpha value is -0.820. The van der Waals surface area contributed by atoms with Gasteiger partial charge in [-0.3, -0.25) is 0 Å². The van der Waals surface area contributed by atoms with Crippen LogP contribution in [0.25, 0.3) is 0 Å². The minimum Gasteiger partial charge on any atom is -0.305 e. The molecule has 1 nitrogen and oxygen atoms in total. The van der Waals surface area contributed by atoms with Crippen LogP contribution in [-0.4, -0.2) is 25.5 Å². The van der Waals surface area contributed by atoms with Crippen LogP contribution in [0.1, 0.15) is 0 Å². The van der Waals surface area contributed by atoms with Crippen LogP contribution in [0, 0.1) is 0 Å². The Morgan fingerprint density at radius 2 is 2.10 bits per heavy atom. The fourth-order valence-corrected chi connectivity index (χ4v) is 0.663. The zero-order chi connectivity index (χ0) is 7.98. The predicted octanol–water partition coefficient (Wildman–Crippen LogP) is 1.85. The molecule has 0 unspecified atom stereocenters. The van der Waals surface area contributed by atoms with Crippen LogP contribution in [0.5, 0.6) is 0 Å². The molecular weight excluding hydrogens is 122 g/mol. The Morgan fingerprint density at radius 1 is 1.50 bits per heavy atom. The number of nitrogens with zero attached hydrogens (tertiary/aromatic N) is 1. The third kappa shape index (κ3) is 5.32. The molecule has 0 atom stereocenters. The molecule has 0 aromatic heterocycles. The SMILES string of the molecule is C=C/C=C\C(=C)CN(C)C. The quantitative estimate of drug-likeness (QED) is 0.534. The molecule has 0 radical (unpaired) electrons. The Bertz CT molecular complexity index is 143. The molecule has 0 N–H and O–H groups in total. The lowest BCUT2D eigenvalue weighted by Crippen LogP contribution is -2.13. The molecule has 0 saturated carbocycles. The van der Waals surface area contributed by atoms with E-state index in [1.54, 1.807) is 6.08 Å². The summed E-state index contributed by atoms with van der Waals surface area (Å²) in [6, 6.07) is 0. The summed E-state index contributed by atoms with van der Waals surface area (Å²) in [5.41, 5.74) is 1.10. The fourth-order valence-electron chi connectivity index (χ4n) is 0.663. The van der Waals surface area contributed by atoms with E-state index in [2.05, 4.69) is 18.1 Å². The van der Waals surface area contributed by atoms with Crippen molar-refractivity contribution in [2.24, 2.45) is 0 Å². The molecule has 0 fully saturated rings. The molecule has 1 heteroatoms. The summed E-state index contributed by atoms with van der Waals surface area (Å²) in [6.45, 7) is 8.33. The number of hydrogen-bond acceptors (Lipinski definition) is 1. The van der Waals surface area contributed by atoms with Crippen LogP contribution in [0.4, 0.5) is 0 Å². The summed E-state index contributed by atoms with van der Waals surface area (Å²) >= 11 is 0. The first kappa shape index (κ1) is 9.18. The van der Waals surface area contributed by atoms with Gasteiger partial charge in [0.2, 0.25) is 0 Å². The van der Waals surface area contributed by atoms with Crippen molar-refractivity contribution >= 4 is 0 Å². The third-order valence-electron chi connectivity index (χ3n) is 0.987. The highest BCUT2D eigenvalue weighted by atomic mass is 15.0. The van der Waals surface area contributed by atoms with Gasteiger partial charge in [-0.15, -0.1) is 0 Å². The van der Waals surface area contributed by atoms with E-state index >= 15 is 0 Å². The van der Waals surface area contributed by atoms with Crippen molar-refractivity contribution in [2.45, 2.75) is 0 Å². The first-order valence-electron chi connectivity index (χ1n) is 3.28. The van der Waals surface area contributed by atoms with Gasteiger partial charge in [-0.25, -0.2) is 0 Å². The van der Waals surface area contributed by atoms with Crippen LogP contribution < -0.4 is 0 Å². The van der Waals surface area contributed by atoms with Crippen LogP contribution in [0.2, 0.25) is 0 Å². The van der Waals surface area contributed by atoms with Gasteiger partial charge in [-0.2, -0.15) is 0 Å². The number of likely N-dealkylation sites (N-methyl/N-ethyl adjacent to an activating group) is 1. The molecule has 0 rings (SSSR count). The maximum Gasteiger partial charge on any atom is 0.0221 e. The smallest absolute Gasteiger partial charge is 0.0221 e. The van der Waals surface area contributed by atoms with Crippen LogP contribution in [-0.2, 0) is 0 Å². The van der Waals surface area contributed by atoms with Gasteiger partial charge in [0.05, 0.1) is 0 Å². The van der Waals surface area contributed by atoms with E-state index in [9.17, 15) is 0 Å². The molecule has 0 aliphatic rings. The average molecular weight is 137 g/mol. The summed E-state index contributed by atoms with van der Waals surface area (Å²) in [5.74, 6) is 0. The van der Waals surface area contributed by atoms with Gasteiger partial charge in [0.25, 0.3) is 0 Å². The molecule has 0 aliphatic heterocycles. The molecule has 0 aliphatic carbocycles. The van der Waals surface area contributed by atoms with Crippen LogP contribution >= 0.6 is 0 Å². The minimum absolute atomic E-state index is 0.907. The Labute approximate surface area is 63.3 Å². The summed E-state index contributed by atoms with van der Waals surface area (Å²) in [5, 5.41) is 0.